The lowest BCUT2D eigenvalue weighted by Crippen LogP contribution is -2.45. The second-order valence-electron chi connectivity index (χ2n) is 4.91. The molecule has 1 aromatic carbocycles. The number of thioether (sulfide) groups is 1. The molecule has 2 rings (SSSR count). The van der Waals surface area contributed by atoms with E-state index in [9.17, 15) is 13.2 Å². The summed E-state index contributed by atoms with van der Waals surface area (Å²) in [6, 6.07) is 6.75. The van der Waals surface area contributed by atoms with Crippen molar-refractivity contribution in [3.05, 3.63) is 42.5 Å². The van der Waals surface area contributed by atoms with Gasteiger partial charge < -0.3 is 5.32 Å². The van der Waals surface area contributed by atoms with Crippen molar-refractivity contribution in [2.75, 3.05) is 26.2 Å². The minimum Gasteiger partial charge on any atom is -0.314 e. The van der Waals surface area contributed by atoms with Gasteiger partial charge in [-0.2, -0.15) is 13.2 Å². The van der Waals surface area contributed by atoms with Gasteiger partial charge in [0.1, 0.15) is 0 Å². The van der Waals surface area contributed by atoms with Gasteiger partial charge in [0, 0.05) is 37.1 Å². The van der Waals surface area contributed by atoms with Crippen LogP contribution in [0.5, 0.6) is 0 Å². The Hall–Kier alpha value is -0.980. The van der Waals surface area contributed by atoms with E-state index in [1.54, 1.807) is 30.3 Å². The number of nitrogens with zero attached hydrogens (tertiary/aromatic N) is 1. The zero-order valence-corrected chi connectivity index (χ0v) is 12.5. The Morgan fingerprint density at radius 2 is 1.95 bits per heavy atom. The predicted octanol–water partition coefficient (Wildman–Crippen LogP) is 3.82. The van der Waals surface area contributed by atoms with Gasteiger partial charge in [0.15, 0.2) is 0 Å². The Morgan fingerprint density at radius 3 is 2.57 bits per heavy atom. The van der Waals surface area contributed by atoms with Crippen molar-refractivity contribution in [2.24, 2.45) is 0 Å². The molecule has 0 spiro atoms. The molecule has 6 heteroatoms. The molecule has 116 valence electrons. The molecule has 1 saturated heterocycles. The van der Waals surface area contributed by atoms with Gasteiger partial charge in [-0.1, -0.05) is 24.3 Å². The Kier molecular flexibility index (Phi) is 5.72. The fourth-order valence-corrected chi connectivity index (χ4v) is 3.32. The fourth-order valence-electron chi connectivity index (χ4n) is 2.60. The van der Waals surface area contributed by atoms with Gasteiger partial charge in [0.2, 0.25) is 0 Å². The number of nitrogens with one attached hydrogen (secondary N) is 1. The Morgan fingerprint density at radius 1 is 1.29 bits per heavy atom. The van der Waals surface area contributed by atoms with Crippen LogP contribution < -0.4 is 5.32 Å². The van der Waals surface area contributed by atoms with E-state index in [1.165, 1.54) is 0 Å². The van der Waals surface area contributed by atoms with Crippen molar-refractivity contribution in [3.8, 4) is 0 Å². The molecule has 1 aromatic rings. The van der Waals surface area contributed by atoms with Crippen molar-refractivity contribution >= 4 is 11.8 Å². The molecule has 0 unspecified atom stereocenters. The van der Waals surface area contributed by atoms with Crippen molar-refractivity contribution in [2.45, 2.75) is 22.9 Å². The van der Waals surface area contributed by atoms with Crippen LogP contribution in [-0.4, -0.2) is 36.6 Å². The first-order chi connectivity index (χ1) is 10.0. The number of piperazine rings is 1. The van der Waals surface area contributed by atoms with Gasteiger partial charge in [0.05, 0.1) is 0 Å². The van der Waals surface area contributed by atoms with E-state index in [2.05, 4.69) is 16.8 Å². The molecular formula is C15H19F3N2S. The maximum absolute atomic E-state index is 12.7. The van der Waals surface area contributed by atoms with Crippen molar-refractivity contribution in [1.29, 1.82) is 0 Å². The number of hydrogen-bond acceptors (Lipinski definition) is 3. The van der Waals surface area contributed by atoms with Gasteiger partial charge in [0.25, 0.3) is 0 Å². The van der Waals surface area contributed by atoms with E-state index in [0.29, 0.717) is 6.42 Å². The summed E-state index contributed by atoms with van der Waals surface area (Å²) < 4.78 is 38.2. The number of hydrogen-bond donors (Lipinski definition) is 1. The summed E-state index contributed by atoms with van der Waals surface area (Å²) in [7, 11) is 0. The first-order valence-electron chi connectivity index (χ1n) is 6.91. The van der Waals surface area contributed by atoms with Crippen LogP contribution in [0.3, 0.4) is 0 Å². The fraction of sp³-hybridized carbons (Fsp3) is 0.467. The lowest BCUT2D eigenvalue weighted by atomic mass is 10.0. The van der Waals surface area contributed by atoms with Gasteiger partial charge in [-0.05, 0) is 29.8 Å². The minimum absolute atomic E-state index is 0.0310. The molecule has 21 heavy (non-hydrogen) atoms. The maximum Gasteiger partial charge on any atom is 0.446 e. The van der Waals surface area contributed by atoms with Gasteiger partial charge in [-0.3, -0.25) is 4.90 Å². The van der Waals surface area contributed by atoms with Gasteiger partial charge >= 0.3 is 5.51 Å². The molecule has 1 fully saturated rings. The third-order valence-electron chi connectivity index (χ3n) is 3.49. The Balaban J connectivity index is 2.28. The van der Waals surface area contributed by atoms with Crippen LogP contribution in [0, 0.1) is 0 Å². The van der Waals surface area contributed by atoms with Gasteiger partial charge in [-0.25, -0.2) is 0 Å². The highest BCUT2D eigenvalue weighted by molar-refractivity contribution is 8.00. The highest BCUT2D eigenvalue weighted by Crippen LogP contribution is 2.41. The highest BCUT2D eigenvalue weighted by atomic mass is 32.2. The number of benzene rings is 1. The summed E-state index contributed by atoms with van der Waals surface area (Å²) in [5.74, 6) is 0. The molecule has 0 radical (unpaired) electrons. The second kappa shape index (κ2) is 7.33. The summed E-state index contributed by atoms with van der Waals surface area (Å²) in [6.45, 7) is 7.15. The molecule has 0 bridgehead atoms. The summed E-state index contributed by atoms with van der Waals surface area (Å²) in [5.41, 5.74) is -3.53. The predicted molar refractivity (Wildman–Crippen MR) is 80.4 cm³/mol. The smallest absolute Gasteiger partial charge is 0.314 e. The van der Waals surface area contributed by atoms with E-state index >= 15 is 0 Å². The largest absolute Gasteiger partial charge is 0.446 e. The highest BCUT2D eigenvalue weighted by Gasteiger charge is 2.32. The summed E-state index contributed by atoms with van der Waals surface area (Å²) in [6.07, 6.45) is 2.43. The minimum atomic E-state index is -4.27. The molecular weight excluding hydrogens is 297 g/mol. The molecule has 1 atom stereocenters. The lowest BCUT2D eigenvalue weighted by Gasteiger charge is -2.35. The molecule has 0 aromatic heterocycles. The van der Waals surface area contributed by atoms with Crippen molar-refractivity contribution < 1.29 is 13.2 Å². The van der Waals surface area contributed by atoms with Crippen LogP contribution in [0.25, 0.3) is 0 Å². The average Bonchev–Trinajstić information content (AvgIpc) is 2.45. The van der Waals surface area contributed by atoms with Crippen LogP contribution in [0.2, 0.25) is 0 Å². The topological polar surface area (TPSA) is 15.3 Å². The number of rotatable bonds is 5. The van der Waals surface area contributed by atoms with Crippen LogP contribution in [0.4, 0.5) is 13.2 Å². The molecule has 1 N–H and O–H groups in total. The zero-order valence-electron chi connectivity index (χ0n) is 11.7. The molecule has 2 nitrogen and oxygen atoms in total. The first-order valence-corrected chi connectivity index (χ1v) is 7.73. The van der Waals surface area contributed by atoms with Crippen LogP contribution in [0.15, 0.2) is 41.8 Å². The van der Waals surface area contributed by atoms with Crippen LogP contribution in [-0.2, 0) is 0 Å². The molecule has 1 aliphatic heterocycles. The summed E-state index contributed by atoms with van der Waals surface area (Å²) in [4.78, 5) is 2.52. The SMILES string of the molecule is C=CC[C@H](c1ccccc1SC(F)(F)F)N1CCNCC1. The molecule has 0 saturated carbocycles. The third kappa shape index (κ3) is 4.76. The van der Waals surface area contributed by atoms with Crippen molar-refractivity contribution in [3.63, 3.8) is 0 Å². The summed E-state index contributed by atoms with van der Waals surface area (Å²) in [5, 5.41) is 3.26. The van der Waals surface area contributed by atoms with Crippen LogP contribution in [0.1, 0.15) is 18.0 Å². The number of alkyl halides is 3. The monoisotopic (exact) mass is 316 g/mol. The van der Waals surface area contributed by atoms with Gasteiger partial charge in [-0.15, -0.1) is 6.58 Å². The van der Waals surface area contributed by atoms with Crippen molar-refractivity contribution in [1.82, 2.24) is 10.2 Å². The van der Waals surface area contributed by atoms with Crippen LogP contribution >= 0.6 is 11.8 Å². The van der Waals surface area contributed by atoms with E-state index < -0.39 is 5.51 Å². The second-order valence-corrected chi connectivity index (χ2v) is 6.02. The number of halogens is 3. The Bertz CT molecular complexity index is 470. The molecule has 0 aliphatic carbocycles. The summed E-state index contributed by atoms with van der Waals surface area (Å²) >= 11 is -0.0310. The van der Waals surface area contributed by atoms with E-state index in [0.717, 1.165) is 31.7 Å². The third-order valence-corrected chi connectivity index (χ3v) is 4.31. The average molecular weight is 316 g/mol. The van der Waals surface area contributed by atoms with E-state index in [-0.39, 0.29) is 22.7 Å². The quantitative estimate of drug-likeness (QED) is 0.657. The molecule has 0 amide bonds. The normalized spacial score (nSPS) is 18.4. The van der Waals surface area contributed by atoms with E-state index in [1.807, 2.05) is 0 Å². The first kappa shape index (κ1) is 16.4. The zero-order chi connectivity index (χ0) is 15.3. The molecule has 1 heterocycles. The molecule has 1 aliphatic rings. The standard InChI is InChI=1S/C15H19F3N2S/c1-2-5-13(20-10-8-19-9-11-20)12-6-3-4-7-14(12)21-15(16,17)18/h2-4,6-7,13,19H,1,5,8-11H2/t13-/m1/s1. The maximum atomic E-state index is 12.7. The lowest BCUT2D eigenvalue weighted by molar-refractivity contribution is -0.0328. The van der Waals surface area contributed by atoms with E-state index in [4.69, 9.17) is 0 Å². The Labute approximate surface area is 127 Å².